The predicted molar refractivity (Wildman–Crippen MR) is 94.9 cm³/mol. The van der Waals surface area contributed by atoms with Gasteiger partial charge in [-0.25, -0.2) is 4.79 Å². The standard InChI is InChI=1S/C19H16BrNO4/c20-10-3-5-13-12(9-10)18-7-1-2-8-19(18,21-13)25-17(24)15-11(18)4-6-14(22)16(15)23/h3-6,9,21-23H,1-2,7-8H2/t18?,19-/m0/s1. The molecule has 1 aliphatic carbocycles. The number of benzene rings is 2. The van der Waals surface area contributed by atoms with Crippen molar-refractivity contribution in [2.45, 2.75) is 36.8 Å². The molecule has 0 bridgehead atoms. The van der Waals surface area contributed by atoms with E-state index in [9.17, 15) is 15.0 Å². The first kappa shape index (κ1) is 15.1. The van der Waals surface area contributed by atoms with Crippen LogP contribution in [0.25, 0.3) is 0 Å². The molecule has 0 radical (unpaired) electrons. The van der Waals surface area contributed by atoms with E-state index in [-0.39, 0.29) is 11.3 Å². The summed E-state index contributed by atoms with van der Waals surface area (Å²) in [7, 11) is 0. The Hall–Kier alpha value is -2.21. The Balaban J connectivity index is 1.90. The van der Waals surface area contributed by atoms with Crippen LogP contribution in [0.4, 0.5) is 5.69 Å². The first-order chi connectivity index (χ1) is 12.0. The SMILES string of the molecule is O=C1O[C@@]23CCCCC2(c2cc(Br)ccc2N3)c2ccc(O)c(O)c21. The van der Waals surface area contributed by atoms with Crippen molar-refractivity contribution in [3.8, 4) is 11.5 Å². The number of halogens is 1. The van der Waals surface area contributed by atoms with Crippen molar-refractivity contribution in [3.05, 3.63) is 51.5 Å². The van der Waals surface area contributed by atoms with E-state index in [0.717, 1.165) is 40.5 Å². The molecule has 6 heteroatoms. The van der Waals surface area contributed by atoms with Crippen LogP contribution in [-0.2, 0) is 10.2 Å². The van der Waals surface area contributed by atoms with E-state index in [0.29, 0.717) is 6.42 Å². The van der Waals surface area contributed by atoms with Crippen molar-refractivity contribution < 1.29 is 19.7 Å². The number of anilines is 1. The number of hydrogen-bond acceptors (Lipinski definition) is 5. The van der Waals surface area contributed by atoms with E-state index in [1.807, 2.05) is 12.1 Å². The van der Waals surface area contributed by atoms with Gasteiger partial charge in [-0.2, -0.15) is 0 Å². The molecule has 0 amide bonds. The summed E-state index contributed by atoms with van der Waals surface area (Å²) in [5.74, 6) is -1.31. The largest absolute Gasteiger partial charge is 0.504 e. The normalized spacial score (nSPS) is 28.9. The second kappa shape index (κ2) is 4.69. The van der Waals surface area contributed by atoms with Crippen LogP contribution in [0.3, 0.4) is 0 Å². The van der Waals surface area contributed by atoms with Gasteiger partial charge in [-0.15, -0.1) is 0 Å². The molecule has 1 fully saturated rings. The summed E-state index contributed by atoms with van der Waals surface area (Å²) in [6.07, 6.45) is 3.45. The summed E-state index contributed by atoms with van der Waals surface area (Å²) >= 11 is 3.55. The minimum atomic E-state index is -0.845. The quantitative estimate of drug-likeness (QED) is 0.459. The average molecular weight is 402 g/mol. The Kier molecular flexibility index (Phi) is 2.83. The van der Waals surface area contributed by atoms with Gasteiger partial charge in [0.05, 0.1) is 5.41 Å². The van der Waals surface area contributed by atoms with E-state index in [1.54, 1.807) is 6.07 Å². The third-order valence-electron chi connectivity index (χ3n) is 5.89. The van der Waals surface area contributed by atoms with E-state index < -0.39 is 22.9 Å². The molecule has 2 atom stereocenters. The van der Waals surface area contributed by atoms with Gasteiger partial charge in [-0.05, 0) is 48.2 Å². The molecule has 0 saturated heterocycles. The second-order valence-electron chi connectivity index (χ2n) is 7.00. The summed E-state index contributed by atoms with van der Waals surface area (Å²) in [6, 6.07) is 9.21. The summed E-state index contributed by atoms with van der Waals surface area (Å²) < 4.78 is 6.89. The minimum absolute atomic E-state index is 0.0761. The highest BCUT2D eigenvalue weighted by Gasteiger charge is 2.66. The molecular weight excluding hydrogens is 386 g/mol. The molecular formula is C19H16BrNO4. The molecule has 0 aromatic heterocycles. The van der Waals surface area contributed by atoms with Crippen LogP contribution in [0.1, 0.15) is 47.2 Å². The Morgan fingerprint density at radius 3 is 2.72 bits per heavy atom. The molecule has 5 rings (SSSR count). The number of phenolic OH excluding ortho intramolecular Hbond substituents is 2. The zero-order valence-electron chi connectivity index (χ0n) is 13.3. The van der Waals surface area contributed by atoms with E-state index in [4.69, 9.17) is 4.74 Å². The van der Waals surface area contributed by atoms with Gasteiger partial charge in [0.2, 0.25) is 0 Å². The monoisotopic (exact) mass is 401 g/mol. The Bertz CT molecular complexity index is 943. The maximum absolute atomic E-state index is 12.7. The molecule has 2 heterocycles. The summed E-state index contributed by atoms with van der Waals surface area (Å²) in [5.41, 5.74) is 1.38. The number of nitrogens with one attached hydrogen (secondary N) is 1. The van der Waals surface area contributed by atoms with E-state index >= 15 is 0 Å². The van der Waals surface area contributed by atoms with Crippen molar-refractivity contribution in [2.24, 2.45) is 0 Å². The minimum Gasteiger partial charge on any atom is -0.504 e. The Labute approximate surface area is 152 Å². The van der Waals surface area contributed by atoms with Gasteiger partial charge in [0, 0.05) is 16.6 Å². The zero-order valence-corrected chi connectivity index (χ0v) is 14.9. The fourth-order valence-corrected chi connectivity index (χ4v) is 5.27. The Morgan fingerprint density at radius 2 is 1.88 bits per heavy atom. The highest BCUT2D eigenvalue weighted by molar-refractivity contribution is 9.10. The van der Waals surface area contributed by atoms with Crippen LogP contribution >= 0.6 is 15.9 Å². The van der Waals surface area contributed by atoms with Crippen LogP contribution in [0.15, 0.2) is 34.8 Å². The van der Waals surface area contributed by atoms with Crippen molar-refractivity contribution in [1.29, 1.82) is 0 Å². The lowest BCUT2D eigenvalue weighted by Crippen LogP contribution is -2.60. The van der Waals surface area contributed by atoms with Gasteiger partial charge >= 0.3 is 5.97 Å². The van der Waals surface area contributed by atoms with Gasteiger partial charge < -0.3 is 20.3 Å². The van der Waals surface area contributed by atoms with Crippen LogP contribution in [-0.4, -0.2) is 21.9 Å². The lowest BCUT2D eigenvalue weighted by molar-refractivity contribution is -0.0601. The topological polar surface area (TPSA) is 78.8 Å². The van der Waals surface area contributed by atoms with E-state index in [2.05, 4.69) is 27.3 Å². The number of phenols is 2. The lowest BCUT2D eigenvalue weighted by atomic mass is 9.59. The first-order valence-electron chi connectivity index (χ1n) is 8.35. The number of esters is 1. The third-order valence-corrected chi connectivity index (χ3v) is 6.38. The summed E-state index contributed by atoms with van der Waals surface area (Å²) in [5, 5.41) is 23.7. The maximum atomic E-state index is 12.7. The maximum Gasteiger partial charge on any atom is 0.344 e. The summed E-state index contributed by atoms with van der Waals surface area (Å²) in [6.45, 7) is 0. The smallest absolute Gasteiger partial charge is 0.344 e. The van der Waals surface area contributed by atoms with Crippen molar-refractivity contribution >= 4 is 27.6 Å². The fourth-order valence-electron chi connectivity index (χ4n) is 4.91. The van der Waals surface area contributed by atoms with Crippen LogP contribution in [0, 0.1) is 0 Å². The van der Waals surface area contributed by atoms with Gasteiger partial charge in [-0.3, -0.25) is 0 Å². The van der Waals surface area contributed by atoms with E-state index in [1.165, 1.54) is 6.07 Å². The lowest BCUT2D eigenvalue weighted by Gasteiger charge is -2.51. The van der Waals surface area contributed by atoms with Crippen LogP contribution in [0.2, 0.25) is 0 Å². The van der Waals surface area contributed by atoms with Gasteiger partial charge in [0.15, 0.2) is 17.2 Å². The Morgan fingerprint density at radius 1 is 1.08 bits per heavy atom. The number of fused-ring (bicyclic) bond motifs is 2. The number of ether oxygens (including phenoxy) is 1. The molecule has 5 nitrogen and oxygen atoms in total. The molecule has 2 aromatic rings. The highest BCUT2D eigenvalue weighted by atomic mass is 79.9. The molecule has 2 aliphatic heterocycles. The number of rotatable bonds is 0. The summed E-state index contributed by atoms with van der Waals surface area (Å²) in [4.78, 5) is 12.7. The zero-order chi connectivity index (χ0) is 17.4. The number of carbonyl (C=O) groups is 1. The van der Waals surface area contributed by atoms with Gasteiger partial charge in [-0.1, -0.05) is 28.4 Å². The molecule has 25 heavy (non-hydrogen) atoms. The second-order valence-corrected chi connectivity index (χ2v) is 7.92. The highest BCUT2D eigenvalue weighted by Crippen LogP contribution is 2.63. The van der Waals surface area contributed by atoms with Crippen molar-refractivity contribution in [3.63, 3.8) is 0 Å². The fraction of sp³-hybridized carbons (Fsp3) is 0.316. The van der Waals surface area contributed by atoms with Gasteiger partial charge in [0.25, 0.3) is 0 Å². The number of hydrogen-bond donors (Lipinski definition) is 3. The molecule has 3 N–H and O–H groups in total. The van der Waals surface area contributed by atoms with Gasteiger partial charge in [0.1, 0.15) is 5.56 Å². The third kappa shape index (κ3) is 1.66. The first-order valence-corrected chi connectivity index (χ1v) is 9.15. The van der Waals surface area contributed by atoms with Crippen molar-refractivity contribution in [2.75, 3.05) is 5.32 Å². The van der Waals surface area contributed by atoms with Crippen LogP contribution < -0.4 is 5.32 Å². The van der Waals surface area contributed by atoms with Crippen molar-refractivity contribution in [1.82, 2.24) is 0 Å². The predicted octanol–water partition coefficient (Wildman–Crippen LogP) is 4.01. The number of carbonyl (C=O) groups excluding carboxylic acids is 1. The number of aromatic hydroxyl groups is 2. The molecule has 1 unspecified atom stereocenters. The molecule has 1 saturated carbocycles. The molecule has 3 aliphatic rings. The molecule has 0 spiro atoms. The average Bonchev–Trinajstić information content (AvgIpc) is 2.88. The van der Waals surface area contributed by atoms with Crippen LogP contribution in [0.5, 0.6) is 11.5 Å². The molecule has 2 aromatic carbocycles. The molecule has 128 valence electrons.